The number of benzene rings is 2. The van der Waals surface area contributed by atoms with Gasteiger partial charge in [-0.15, -0.1) is 18.3 Å². The van der Waals surface area contributed by atoms with Crippen LogP contribution in [0.5, 0.6) is 17.4 Å². The van der Waals surface area contributed by atoms with Crippen LogP contribution in [0.1, 0.15) is 53.2 Å². The summed E-state index contributed by atoms with van der Waals surface area (Å²) >= 11 is 6.26. The molecule has 0 spiro atoms. The molecule has 192 valence electrons. The van der Waals surface area contributed by atoms with Gasteiger partial charge in [0.05, 0.1) is 13.7 Å². The van der Waals surface area contributed by atoms with Crippen molar-refractivity contribution in [1.29, 1.82) is 0 Å². The van der Waals surface area contributed by atoms with Crippen LogP contribution in [-0.2, 0) is 6.54 Å². The average molecular weight is 526 g/mol. The largest absolute Gasteiger partial charge is 0.573 e. The van der Waals surface area contributed by atoms with E-state index in [4.69, 9.17) is 21.1 Å². The maximum atomic E-state index is 12.6. The van der Waals surface area contributed by atoms with Gasteiger partial charge in [-0.3, -0.25) is 0 Å². The Morgan fingerprint density at radius 1 is 1.11 bits per heavy atom. The molecule has 1 aliphatic rings. The standard InChI is InChI=1S/C24H23ClF3N3O5/c1-34-16-6-2-14(3-7-16)13-31-22(21(23(32)33)29-30-31)35-17-8-4-15(5-9-17)19-12-18(10-11-20(19)25)36-24(26,27)28/h2-3,6-7,10-12,15,17H,4-5,8-9,13H2,1H3,(H,32,33). The van der Waals surface area contributed by atoms with Crippen LogP contribution < -0.4 is 14.2 Å². The molecular weight excluding hydrogens is 503 g/mol. The molecule has 0 amide bonds. The number of alkyl halides is 3. The van der Waals surface area contributed by atoms with E-state index in [1.165, 1.54) is 22.9 Å². The Morgan fingerprint density at radius 3 is 2.39 bits per heavy atom. The zero-order chi connectivity index (χ0) is 25.9. The molecule has 1 heterocycles. The van der Waals surface area contributed by atoms with Crippen LogP contribution in [0.3, 0.4) is 0 Å². The summed E-state index contributed by atoms with van der Waals surface area (Å²) in [7, 11) is 1.56. The van der Waals surface area contributed by atoms with E-state index in [1.54, 1.807) is 19.2 Å². The Hall–Kier alpha value is -3.47. The quantitative estimate of drug-likeness (QED) is 0.403. The Morgan fingerprint density at radius 2 is 1.78 bits per heavy atom. The van der Waals surface area contributed by atoms with E-state index in [0.717, 1.165) is 5.56 Å². The highest BCUT2D eigenvalue weighted by Crippen LogP contribution is 2.40. The van der Waals surface area contributed by atoms with Crippen molar-refractivity contribution in [3.05, 3.63) is 64.3 Å². The lowest BCUT2D eigenvalue weighted by molar-refractivity contribution is -0.274. The van der Waals surface area contributed by atoms with Crippen molar-refractivity contribution in [3.63, 3.8) is 0 Å². The minimum Gasteiger partial charge on any atom is -0.497 e. The number of hydrogen-bond donors (Lipinski definition) is 1. The summed E-state index contributed by atoms with van der Waals surface area (Å²) in [6, 6.07) is 11.1. The number of carbonyl (C=O) groups is 1. The monoisotopic (exact) mass is 525 g/mol. The van der Waals surface area contributed by atoms with Gasteiger partial charge < -0.3 is 19.3 Å². The number of methoxy groups -OCH3 is 1. The van der Waals surface area contributed by atoms with E-state index in [0.29, 0.717) is 42.0 Å². The second kappa shape index (κ2) is 10.7. The zero-order valence-electron chi connectivity index (χ0n) is 19.2. The molecule has 8 nitrogen and oxygen atoms in total. The number of aromatic nitrogens is 3. The molecule has 1 saturated carbocycles. The molecule has 36 heavy (non-hydrogen) atoms. The summed E-state index contributed by atoms with van der Waals surface area (Å²) in [5.74, 6) is -0.920. The summed E-state index contributed by atoms with van der Waals surface area (Å²) in [4.78, 5) is 11.7. The third-order valence-electron chi connectivity index (χ3n) is 5.98. The Labute approximate surface area is 209 Å². The topological polar surface area (TPSA) is 95.7 Å². The first-order valence-corrected chi connectivity index (χ1v) is 11.5. The van der Waals surface area contributed by atoms with Gasteiger partial charge in [0.25, 0.3) is 0 Å². The second-order valence-corrected chi connectivity index (χ2v) is 8.78. The van der Waals surface area contributed by atoms with E-state index < -0.39 is 12.3 Å². The number of halogens is 4. The van der Waals surface area contributed by atoms with E-state index in [-0.39, 0.29) is 35.9 Å². The maximum Gasteiger partial charge on any atom is 0.573 e. The predicted octanol–water partition coefficient (Wildman–Crippen LogP) is 5.69. The van der Waals surface area contributed by atoms with E-state index in [1.807, 2.05) is 12.1 Å². The molecule has 1 fully saturated rings. The van der Waals surface area contributed by atoms with Crippen molar-refractivity contribution >= 4 is 17.6 Å². The Bertz CT molecular complexity index is 1210. The molecule has 1 N–H and O–H groups in total. The van der Waals surface area contributed by atoms with Crippen molar-refractivity contribution in [1.82, 2.24) is 15.0 Å². The van der Waals surface area contributed by atoms with Gasteiger partial charge in [-0.05, 0) is 73.1 Å². The lowest BCUT2D eigenvalue weighted by Gasteiger charge is -2.30. The van der Waals surface area contributed by atoms with Crippen molar-refractivity contribution in [2.45, 2.75) is 50.6 Å². The van der Waals surface area contributed by atoms with Gasteiger partial charge in [-0.2, -0.15) is 0 Å². The summed E-state index contributed by atoms with van der Waals surface area (Å²) in [5, 5.41) is 17.6. The molecule has 4 rings (SSSR count). The fraction of sp³-hybridized carbons (Fsp3) is 0.375. The molecule has 12 heteroatoms. The summed E-state index contributed by atoms with van der Waals surface area (Å²) in [5.41, 5.74) is 1.14. The summed E-state index contributed by atoms with van der Waals surface area (Å²) in [6.07, 6.45) is -2.86. The van der Waals surface area contributed by atoms with Crippen LogP contribution in [0.4, 0.5) is 13.2 Å². The van der Waals surface area contributed by atoms with Gasteiger partial charge in [0, 0.05) is 5.02 Å². The van der Waals surface area contributed by atoms with Crippen molar-refractivity contribution < 1.29 is 37.3 Å². The van der Waals surface area contributed by atoms with E-state index in [2.05, 4.69) is 15.0 Å². The van der Waals surface area contributed by atoms with Crippen LogP contribution in [0, 0.1) is 0 Å². The maximum absolute atomic E-state index is 12.6. The van der Waals surface area contributed by atoms with Crippen LogP contribution in [-0.4, -0.2) is 45.6 Å². The Kier molecular flexibility index (Phi) is 7.58. The lowest BCUT2D eigenvalue weighted by atomic mass is 9.82. The Balaban J connectivity index is 1.45. The van der Waals surface area contributed by atoms with Gasteiger partial charge in [0.2, 0.25) is 11.6 Å². The average Bonchev–Trinajstić information content (AvgIpc) is 3.22. The number of aromatic carboxylic acids is 1. The van der Waals surface area contributed by atoms with Crippen LogP contribution in [0.25, 0.3) is 0 Å². The molecule has 0 bridgehead atoms. The van der Waals surface area contributed by atoms with Gasteiger partial charge in [0.15, 0.2) is 0 Å². The number of rotatable bonds is 8. The highest BCUT2D eigenvalue weighted by Gasteiger charge is 2.33. The molecule has 1 aromatic heterocycles. The predicted molar refractivity (Wildman–Crippen MR) is 123 cm³/mol. The lowest BCUT2D eigenvalue weighted by Crippen LogP contribution is -2.25. The molecular formula is C24H23ClF3N3O5. The molecule has 0 saturated heterocycles. The van der Waals surface area contributed by atoms with Crippen molar-refractivity contribution in [2.24, 2.45) is 0 Å². The minimum absolute atomic E-state index is 0.0559. The number of carboxylic acid groups (broad SMARTS) is 1. The number of carboxylic acids is 1. The smallest absolute Gasteiger partial charge is 0.497 e. The summed E-state index contributed by atoms with van der Waals surface area (Å²) in [6.45, 7) is 0.247. The van der Waals surface area contributed by atoms with Gasteiger partial charge in [-0.1, -0.05) is 28.9 Å². The molecule has 3 aromatic rings. The molecule has 1 aliphatic carbocycles. The SMILES string of the molecule is COc1ccc(Cn2nnc(C(=O)O)c2OC2CCC(c3cc(OC(F)(F)F)ccc3Cl)CC2)cc1. The fourth-order valence-corrected chi connectivity index (χ4v) is 4.52. The molecule has 2 aromatic carbocycles. The number of ether oxygens (including phenoxy) is 3. The first kappa shape index (κ1) is 25.6. The van der Waals surface area contributed by atoms with Crippen LogP contribution in [0.15, 0.2) is 42.5 Å². The number of hydrogen-bond acceptors (Lipinski definition) is 6. The van der Waals surface area contributed by atoms with Crippen molar-refractivity contribution in [2.75, 3.05) is 7.11 Å². The summed E-state index contributed by atoms with van der Waals surface area (Å²) < 4.78 is 54.5. The fourth-order valence-electron chi connectivity index (χ4n) is 4.24. The molecule has 0 radical (unpaired) electrons. The first-order chi connectivity index (χ1) is 17.1. The van der Waals surface area contributed by atoms with Crippen LogP contribution in [0.2, 0.25) is 5.02 Å². The van der Waals surface area contributed by atoms with Gasteiger partial charge in [0.1, 0.15) is 17.6 Å². The van der Waals surface area contributed by atoms with E-state index >= 15 is 0 Å². The highest BCUT2D eigenvalue weighted by molar-refractivity contribution is 6.31. The minimum atomic E-state index is -4.79. The molecule has 0 unspecified atom stereocenters. The normalized spacial score (nSPS) is 18.0. The van der Waals surface area contributed by atoms with Gasteiger partial charge >= 0.3 is 12.3 Å². The molecule has 0 aliphatic heterocycles. The van der Waals surface area contributed by atoms with Gasteiger partial charge in [-0.25, -0.2) is 9.48 Å². The van der Waals surface area contributed by atoms with Crippen molar-refractivity contribution in [3.8, 4) is 17.4 Å². The van der Waals surface area contributed by atoms with Crippen LogP contribution >= 0.6 is 11.6 Å². The molecule has 0 atom stereocenters. The zero-order valence-corrected chi connectivity index (χ0v) is 19.9. The second-order valence-electron chi connectivity index (χ2n) is 8.38. The number of nitrogens with zero attached hydrogens (tertiary/aromatic N) is 3. The highest BCUT2D eigenvalue weighted by atomic mass is 35.5. The third kappa shape index (κ3) is 6.20. The first-order valence-electron chi connectivity index (χ1n) is 11.1. The van der Waals surface area contributed by atoms with E-state index in [9.17, 15) is 23.1 Å². The third-order valence-corrected chi connectivity index (χ3v) is 6.32.